The Bertz CT molecular complexity index is 321. The van der Waals surface area contributed by atoms with Crippen LogP contribution in [0.15, 0.2) is 0 Å². The predicted octanol–water partition coefficient (Wildman–Crippen LogP) is -1.32. The largest absolute Gasteiger partial charge is 0.370 e. The summed E-state index contributed by atoms with van der Waals surface area (Å²) in [5.41, 5.74) is 10.9. The van der Waals surface area contributed by atoms with Gasteiger partial charge in [0.2, 0.25) is 12.2 Å². The highest BCUT2D eigenvalue weighted by Crippen LogP contribution is 2.16. The second kappa shape index (κ2) is 6.95. The SMILES string of the molecule is N=C(N)NCCCC(N)C(=O)N1CCC[C@H]1[C]=O. The van der Waals surface area contributed by atoms with Crippen molar-refractivity contribution >= 4 is 18.2 Å². The van der Waals surface area contributed by atoms with Crippen LogP contribution in [0.3, 0.4) is 0 Å². The number of hydrogen-bond acceptors (Lipinski definition) is 4. The van der Waals surface area contributed by atoms with Crippen LogP contribution in [0.5, 0.6) is 0 Å². The van der Waals surface area contributed by atoms with E-state index >= 15 is 0 Å². The molecule has 0 bridgehead atoms. The average molecular weight is 254 g/mol. The summed E-state index contributed by atoms with van der Waals surface area (Å²) in [6.45, 7) is 1.09. The normalized spacial score (nSPS) is 20.5. The van der Waals surface area contributed by atoms with Gasteiger partial charge in [0.15, 0.2) is 5.96 Å². The number of nitrogens with zero attached hydrogens (tertiary/aromatic N) is 1. The number of likely N-dealkylation sites (tertiary alicyclic amines) is 1. The van der Waals surface area contributed by atoms with Gasteiger partial charge in [0, 0.05) is 13.1 Å². The van der Waals surface area contributed by atoms with Crippen LogP contribution in [0.2, 0.25) is 0 Å². The maximum absolute atomic E-state index is 12.0. The van der Waals surface area contributed by atoms with Gasteiger partial charge in [0.25, 0.3) is 0 Å². The molecule has 7 nitrogen and oxygen atoms in total. The van der Waals surface area contributed by atoms with E-state index < -0.39 is 12.1 Å². The molecule has 1 amide bonds. The van der Waals surface area contributed by atoms with E-state index in [1.807, 2.05) is 6.29 Å². The van der Waals surface area contributed by atoms with Crippen LogP contribution < -0.4 is 16.8 Å². The van der Waals surface area contributed by atoms with Crippen molar-refractivity contribution in [2.45, 2.75) is 37.8 Å². The molecule has 101 valence electrons. The summed E-state index contributed by atoms with van der Waals surface area (Å²) >= 11 is 0. The topological polar surface area (TPSA) is 125 Å². The first-order valence-electron chi connectivity index (χ1n) is 6.08. The highest BCUT2D eigenvalue weighted by molar-refractivity contribution is 5.84. The summed E-state index contributed by atoms with van der Waals surface area (Å²) in [6.07, 6.45) is 4.52. The summed E-state index contributed by atoms with van der Waals surface area (Å²) in [5.74, 6) is -0.284. The Kier molecular flexibility index (Phi) is 5.57. The number of amides is 1. The Hall–Kier alpha value is -1.63. The van der Waals surface area contributed by atoms with Crippen LogP contribution in [-0.4, -0.2) is 48.2 Å². The van der Waals surface area contributed by atoms with E-state index in [4.69, 9.17) is 16.9 Å². The molecule has 0 aromatic carbocycles. The van der Waals surface area contributed by atoms with E-state index in [0.29, 0.717) is 32.4 Å². The van der Waals surface area contributed by atoms with Crippen molar-refractivity contribution in [2.75, 3.05) is 13.1 Å². The minimum absolute atomic E-state index is 0.0925. The third-order valence-electron chi connectivity index (χ3n) is 3.00. The van der Waals surface area contributed by atoms with Crippen molar-refractivity contribution in [1.82, 2.24) is 10.2 Å². The fourth-order valence-electron chi connectivity index (χ4n) is 2.03. The van der Waals surface area contributed by atoms with Crippen molar-refractivity contribution in [3.8, 4) is 0 Å². The maximum atomic E-state index is 12.0. The number of nitrogens with one attached hydrogen (secondary N) is 2. The molecule has 0 aliphatic carbocycles. The third kappa shape index (κ3) is 3.99. The summed E-state index contributed by atoms with van der Waals surface area (Å²) in [6, 6.07) is -1.04. The van der Waals surface area contributed by atoms with Crippen LogP contribution in [0, 0.1) is 5.41 Å². The standard InChI is InChI=1S/C11H20N5O2/c12-9(4-1-5-15-11(13)14)10(18)16-6-2-3-8(16)7-17/h8-9H,1-6,12H2,(H4,13,14,15)/t8-,9?/m0/s1. The lowest BCUT2D eigenvalue weighted by molar-refractivity contribution is -0.132. The van der Waals surface area contributed by atoms with Crippen molar-refractivity contribution in [3.63, 3.8) is 0 Å². The molecule has 1 rings (SSSR count). The number of carbonyl (C=O) groups is 1. The lowest BCUT2D eigenvalue weighted by Crippen LogP contribution is -2.46. The highest BCUT2D eigenvalue weighted by atomic mass is 16.2. The van der Waals surface area contributed by atoms with Gasteiger partial charge >= 0.3 is 0 Å². The molecule has 0 aromatic heterocycles. The van der Waals surface area contributed by atoms with Crippen molar-refractivity contribution < 1.29 is 9.59 Å². The zero-order valence-corrected chi connectivity index (χ0v) is 10.3. The molecular formula is C11H20N5O2. The zero-order chi connectivity index (χ0) is 13.5. The Labute approximate surface area is 106 Å². The smallest absolute Gasteiger partial charge is 0.240 e. The first kappa shape index (κ1) is 14.4. The van der Waals surface area contributed by atoms with Gasteiger partial charge in [-0.05, 0) is 25.7 Å². The summed E-state index contributed by atoms with van der Waals surface area (Å²) in [5, 5.41) is 9.62. The molecule has 1 heterocycles. The van der Waals surface area contributed by atoms with Gasteiger partial charge in [-0.25, -0.2) is 0 Å². The number of nitrogens with two attached hydrogens (primary N) is 2. The van der Waals surface area contributed by atoms with Crippen LogP contribution in [0.25, 0.3) is 0 Å². The Balaban J connectivity index is 2.32. The number of rotatable bonds is 6. The van der Waals surface area contributed by atoms with Crippen LogP contribution >= 0.6 is 0 Å². The van der Waals surface area contributed by atoms with E-state index in [1.165, 1.54) is 4.90 Å². The molecule has 0 saturated carbocycles. The molecule has 1 aliphatic rings. The Morgan fingerprint density at radius 2 is 2.33 bits per heavy atom. The number of guanidine groups is 1. The molecule has 1 radical (unpaired) electrons. The van der Waals surface area contributed by atoms with Gasteiger partial charge in [-0.2, -0.15) is 0 Å². The molecule has 7 heteroatoms. The van der Waals surface area contributed by atoms with E-state index in [2.05, 4.69) is 5.32 Å². The minimum Gasteiger partial charge on any atom is -0.370 e. The average Bonchev–Trinajstić information content (AvgIpc) is 2.81. The Morgan fingerprint density at radius 1 is 1.61 bits per heavy atom. The van der Waals surface area contributed by atoms with Crippen LogP contribution in [0.1, 0.15) is 25.7 Å². The minimum atomic E-state index is -0.604. The lowest BCUT2D eigenvalue weighted by Gasteiger charge is -2.23. The first-order chi connectivity index (χ1) is 8.56. The van der Waals surface area contributed by atoms with Crippen molar-refractivity contribution in [3.05, 3.63) is 0 Å². The predicted molar refractivity (Wildman–Crippen MR) is 67.6 cm³/mol. The van der Waals surface area contributed by atoms with Gasteiger partial charge in [-0.15, -0.1) is 0 Å². The van der Waals surface area contributed by atoms with E-state index in [9.17, 15) is 9.59 Å². The fourth-order valence-corrected chi connectivity index (χ4v) is 2.03. The van der Waals surface area contributed by atoms with Crippen LogP contribution in [-0.2, 0) is 9.59 Å². The molecule has 0 aromatic rings. The van der Waals surface area contributed by atoms with Crippen molar-refractivity contribution in [1.29, 1.82) is 5.41 Å². The summed E-state index contributed by atoms with van der Waals surface area (Å²) < 4.78 is 0. The molecule has 2 atom stereocenters. The second-order valence-electron chi connectivity index (χ2n) is 4.40. The quantitative estimate of drug-likeness (QED) is 0.266. The molecule has 1 fully saturated rings. The Morgan fingerprint density at radius 3 is 2.94 bits per heavy atom. The molecule has 1 saturated heterocycles. The summed E-state index contributed by atoms with van der Waals surface area (Å²) in [7, 11) is 0. The fraction of sp³-hybridized carbons (Fsp3) is 0.727. The van der Waals surface area contributed by atoms with E-state index in [-0.39, 0.29) is 11.9 Å². The van der Waals surface area contributed by atoms with Crippen molar-refractivity contribution in [2.24, 2.45) is 11.5 Å². The van der Waals surface area contributed by atoms with E-state index in [0.717, 1.165) is 6.42 Å². The molecule has 6 N–H and O–H groups in total. The molecule has 0 spiro atoms. The molecule has 18 heavy (non-hydrogen) atoms. The summed E-state index contributed by atoms with van der Waals surface area (Å²) in [4.78, 5) is 24.2. The van der Waals surface area contributed by atoms with Gasteiger partial charge in [0.1, 0.15) is 0 Å². The number of carbonyl (C=O) groups excluding carboxylic acids is 2. The second-order valence-corrected chi connectivity index (χ2v) is 4.40. The van der Waals surface area contributed by atoms with Gasteiger partial charge in [-0.3, -0.25) is 15.0 Å². The monoisotopic (exact) mass is 254 g/mol. The number of hydrogen-bond donors (Lipinski definition) is 4. The lowest BCUT2D eigenvalue weighted by atomic mass is 10.1. The van der Waals surface area contributed by atoms with E-state index in [1.54, 1.807) is 0 Å². The molecule has 1 aliphatic heterocycles. The third-order valence-corrected chi connectivity index (χ3v) is 3.00. The first-order valence-corrected chi connectivity index (χ1v) is 6.08. The zero-order valence-electron chi connectivity index (χ0n) is 10.3. The van der Waals surface area contributed by atoms with Gasteiger partial charge in [0.05, 0.1) is 12.1 Å². The van der Waals surface area contributed by atoms with Crippen LogP contribution in [0.4, 0.5) is 0 Å². The molecule has 1 unspecified atom stereocenters. The highest BCUT2D eigenvalue weighted by Gasteiger charge is 2.31. The van der Waals surface area contributed by atoms with Gasteiger partial charge in [-0.1, -0.05) is 0 Å². The molecular weight excluding hydrogens is 234 g/mol. The maximum Gasteiger partial charge on any atom is 0.240 e. The van der Waals surface area contributed by atoms with Gasteiger partial charge < -0.3 is 21.7 Å².